The third kappa shape index (κ3) is 2.20. The second-order valence-electron chi connectivity index (χ2n) is 3.36. The van der Waals surface area contributed by atoms with Crippen molar-refractivity contribution in [3.05, 3.63) is 17.0 Å². The van der Waals surface area contributed by atoms with E-state index in [1.54, 1.807) is 0 Å². The van der Waals surface area contributed by atoms with Crippen molar-refractivity contribution >= 4 is 21.7 Å². The number of alkyl halides is 1. The maximum absolute atomic E-state index is 12.9. The van der Waals surface area contributed by atoms with Gasteiger partial charge in [-0.25, -0.2) is 14.4 Å². The molecule has 1 aliphatic heterocycles. The monoisotopic (exact) mass is 259 g/mol. The molecule has 0 saturated carbocycles. The Morgan fingerprint density at radius 1 is 1.36 bits per heavy atom. The summed E-state index contributed by atoms with van der Waals surface area (Å²) in [5.41, 5.74) is 0. The number of nitrogens with zero attached hydrogens (tertiary/aromatic N) is 3. The Labute approximate surface area is 90.5 Å². The van der Waals surface area contributed by atoms with Crippen LogP contribution < -0.4 is 4.90 Å². The molecule has 0 spiro atoms. The first-order chi connectivity index (χ1) is 6.75. The number of rotatable bonds is 1. The van der Waals surface area contributed by atoms with Crippen molar-refractivity contribution in [1.29, 1.82) is 0 Å². The van der Waals surface area contributed by atoms with Gasteiger partial charge in [0.1, 0.15) is 22.9 Å². The van der Waals surface area contributed by atoms with Gasteiger partial charge >= 0.3 is 0 Å². The highest BCUT2D eigenvalue weighted by molar-refractivity contribution is 9.10. The topological polar surface area (TPSA) is 29.0 Å². The minimum absolute atomic E-state index is 0.599. The van der Waals surface area contributed by atoms with Crippen molar-refractivity contribution in [3.8, 4) is 0 Å². The first kappa shape index (κ1) is 9.83. The van der Waals surface area contributed by atoms with E-state index in [9.17, 15) is 4.39 Å². The first-order valence-electron chi connectivity index (χ1n) is 4.62. The summed E-state index contributed by atoms with van der Waals surface area (Å²) >= 11 is 3.29. The van der Waals surface area contributed by atoms with Crippen LogP contribution in [0.2, 0.25) is 0 Å². The van der Waals surface area contributed by atoms with Gasteiger partial charge in [0.05, 0.1) is 0 Å². The Balaban J connectivity index is 2.08. The number of hydrogen-bond acceptors (Lipinski definition) is 3. The minimum atomic E-state index is -0.642. The van der Waals surface area contributed by atoms with Crippen LogP contribution in [-0.4, -0.2) is 29.2 Å². The summed E-state index contributed by atoms with van der Waals surface area (Å²) in [6.07, 6.45) is 2.07. The fourth-order valence-electron chi connectivity index (χ4n) is 1.57. The molecule has 0 aromatic carbocycles. The van der Waals surface area contributed by atoms with Crippen LogP contribution in [0.3, 0.4) is 0 Å². The van der Waals surface area contributed by atoms with E-state index in [0.29, 0.717) is 12.8 Å². The third-order valence-electron chi connectivity index (χ3n) is 2.37. The van der Waals surface area contributed by atoms with Gasteiger partial charge in [0.25, 0.3) is 0 Å². The van der Waals surface area contributed by atoms with Gasteiger partial charge in [-0.3, -0.25) is 0 Å². The van der Waals surface area contributed by atoms with Crippen LogP contribution in [0.1, 0.15) is 12.8 Å². The molecule has 2 heterocycles. The van der Waals surface area contributed by atoms with E-state index < -0.39 is 6.17 Å². The van der Waals surface area contributed by atoms with Crippen LogP contribution in [0.5, 0.6) is 0 Å². The van der Waals surface area contributed by atoms with E-state index in [4.69, 9.17) is 0 Å². The molecule has 76 valence electrons. The molecule has 0 N–H and O–H groups in total. The fourth-order valence-corrected chi connectivity index (χ4v) is 1.87. The lowest BCUT2D eigenvalue weighted by Gasteiger charge is -2.29. The summed E-state index contributed by atoms with van der Waals surface area (Å²) in [7, 11) is 0. The van der Waals surface area contributed by atoms with Gasteiger partial charge in [-0.05, 0) is 28.8 Å². The van der Waals surface area contributed by atoms with Crippen LogP contribution in [0.4, 0.5) is 10.2 Å². The predicted molar refractivity (Wildman–Crippen MR) is 56.1 cm³/mol. The molecule has 2 rings (SSSR count). The lowest BCUT2D eigenvalue weighted by molar-refractivity contribution is 0.276. The van der Waals surface area contributed by atoms with Crippen molar-refractivity contribution in [3.63, 3.8) is 0 Å². The molecule has 0 aliphatic carbocycles. The highest BCUT2D eigenvalue weighted by atomic mass is 79.9. The van der Waals surface area contributed by atoms with Crippen molar-refractivity contribution in [1.82, 2.24) is 9.97 Å². The molecule has 1 saturated heterocycles. The molecule has 1 fully saturated rings. The largest absolute Gasteiger partial charge is 0.356 e. The Morgan fingerprint density at radius 2 is 2.07 bits per heavy atom. The quantitative estimate of drug-likeness (QED) is 0.725. The Hall–Kier alpha value is -0.710. The predicted octanol–water partition coefficient (Wildman–Crippen LogP) is 2.18. The molecule has 14 heavy (non-hydrogen) atoms. The molecule has 5 heteroatoms. The first-order valence-corrected chi connectivity index (χ1v) is 5.41. The average molecular weight is 260 g/mol. The van der Waals surface area contributed by atoms with Gasteiger partial charge in [-0.1, -0.05) is 0 Å². The van der Waals surface area contributed by atoms with Gasteiger partial charge < -0.3 is 4.90 Å². The number of halogens is 2. The van der Waals surface area contributed by atoms with Gasteiger partial charge in [0.2, 0.25) is 0 Å². The van der Waals surface area contributed by atoms with Gasteiger partial charge in [0, 0.05) is 19.2 Å². The van der Waals surface area contributed by atoms with E-state index in [1.807, 2.05) is 6.07 Å². The smallest absolute Gasteiger partial charge is 0.133 e. The molecule has 0 radical (unpaired) electrons. The van der Waals surface area contributed by atoms with Gasteiger partial charge in [0.15, 0.2) is 0 Å². The van der Waals surface area contributed by atoms with E-state index in [2.05, 4.69) is 30.8 Å². The van der Waals surface area contributed by atoms with E-state index in [-0.39, 0.29) is 0 Å². The number of anilines is 1. The highest BCUT2D eigenvalue weighted by Gasteiger charge is 2.19. The maximum atomic E-state index is 12.9. The zero-order chi connectivity index (χ0) is 9.97. The molecule has 1 aromatic rings. The van der Waals surface area contributed by atoms with Crippen LogP contribution in [0, 0.1) is 0 Å². The maximum Gasteiger partial charge on any atom is 0.133 e. The minimum Gasteiger partial charge on any atom is -0.356 e. The van der Waals surface area contributed by atoms with Crippen molar-refractivity contribution in [2.45, 2.75) is 19.0 Å². The van der Waals surface area contributed by atoms with Crippen molar-refractivity contribution in [2.75, 3.05) is 18.0 Å². The Bertz CT molecular complexity index is 313. The molecule has 0 bridgehead atoms. The van der Waals surface area contributed by atoms with Crippen LogP contribution >= 0.6 is 15.9 Å². The van der Waals surface area contributed by atoms with Gasteiger partial charge in [-0.15, -0.1) is 0 Å². The standard InChI is InChI=1S/C9H11BrFN3/c10-8-5-9(13-6-12-8)14-3-1-7(11)2-4-14/h5-7H,1-4H2. The second-order valence-corrected chi connectivity index (χ2v) is 4.17. The second kappa shape index (κ2) is 4.21. The van der Waals surface area contributed by atoms with Crippen molar-refractivity contribution < 1.29 is 4.39 Å². The fraction of sp³-hybridized carbons (Fsp3) is 0.556. The summed E-state index contributed by atoms with van der Waals surface area (Å²) in [5, 5.41) is 0. The van der Waals surface area contributed by atoms with Crippen molar-refractivity contribution in [2.24, 2.45) is 0 Å². The summed E-state index contributed by atoms with van der Waals surface area (Å²) < 4.78 is 13.7. The Kier molecular flexibility index (Phi) is 2.96. The zero-order valence-electron chi connectivity index (χ0n) is 7.66. The molecule has 3 nitrogen and oxygen atoms in total. The Morgan fingerprint density at radius 3 is 2.71 bits per heavy atom. The van der Waals surface area contributed by atoms with E-state index in [0.717, 1.165) is 23.5 Å². The SMILES string of the molecule is FC1CCN(c2cc(Br)ncn2)CC1. The summed E-state index contributed by atoms with van der Waals surface area (Å²) in [6.45, 7) is 1.48. The average Bonchev–Trinajstić information content (AvgIpc) is 2.19. The molecule has 0 unspecified atom stereocenters. The van der Waals surface area contributed by atoms with Crippen LogP contribution in [0.15, 0.2) is 17.0 Å². The molecule has 0 amide bonds. The van der Waals surface area contributed by atoms with Crippen LogP contribution in [0.25, 0.3) is 0 Å². The number of hydrogen-bond donors (Lipinski definition) is 0. The lowest BCUT2D eigenvalue weighted by Crippen LogP contribution is -2.34. The normalized spacial score (nSPS) is 18.6. The summed E-state index contributed by atoms with van der Waals surface area (Å²) in [6, 6.07) is 1.86. The molecule has 1 aromatic heterocycles. The number of aromatic nitrogens is 2. The molecular weight excluding hydrogens is 249 g/mol. The summed E-state index contributed by atoms with van der Waals surface area (Å²) in [5.74, 6) is 0.874. The summed E-state index contributed by atoms with van der Waals surface area (Å²) in [4.78, 5) is 10.2. The molecular formula is C9H11BrFN3. The number of piperidine rings is 1. The third-order valence-corrected chi connectivity index (χ3v) is 2.80. The zero-order valence-corrected chi connectivity index (χ0v) is 9.24. The molecule has 1 aliphatic rings. The van der Waals surface area contributed by atoms with E-state index >= 15 is 0 Å². The van der Waals surface area contributed by atoms with Gasteiger partial charge in [-0.2, -0.15) is 0 Å². The molecule has 0 atom stereocenters. The van der Waals surface area contributed by atoms with Crippen LogP contribution in [-0.2, 0) is 0 Å². The highest BCUT2D eigenvalue weighted by Crippen LogP contribution is 2.20. The van der Waals surface area contributed by atoms with E-state index in [1.165, 1.54) is 6.33 Å². The lowest BCUT2D eigenvalue weighted by atomic mass is 10.1.